The summed E-state index contributed by atoms with van der Waals surface area (Å²) in [5.41, 5.74) is 1.87. The predicted molar refractivity (Wildman–Crippen MR) is 133 cm³/mol. The first-order valence-corrected chi connectivity index (χ1v) is 10.6. The number of halogens is 1. The van der Waals surface area contributed by atoms with E-state index in [4.69, 9.17) is 5.11 Å². The van der Waals surface area contributed by atoms with Crippen molar-refractivity contribution in [2.45, 2.75) is 13.8 Å². The summed E-state index contributed by atoms with van der Waals surface area (Å²) >= 11 is 0. The van der Waals surface area contributed by atoms with Gasteiger partial charge in [-0.05, 0) is 47.7 Å². The van der Waals surface area contributed by atoms with Crippen LogP contribution in [0, 0.1) is 23.2 Å². The zero-order chi connectivity index (χ0) is 24.2. The number of rotatable bonds is 2. The molecule has 0 bridgehead atoms. The van der Waals surface area contributed by atoms with Gasteiger partial charge >= 0.3 is 0 Å². The molecule has 0 spiro atoms. The van der Waals surface area contributed by atoms with Crippen LogP contribution in [0.1, 0.15) is 19.4 Å². The number of allylic oxidation sites excluding steroid dienone is 2. The first kappa shape index (κ1) is 25.7. The summed E-state index contributed by atoms with van der Waals surface area (Å²) in [6.45, 7) is 2.85. The van der Waals surface area contributed by atoms with E-state index in [-0.39, 0.29) is 37.5 Å². The quantitative estimate of drug-likeness (QED) is 0.0973. The molecule has 175 valence electrons. The maximum absolute atomic E-state index is 14.7. The third kappa shape index (κ3) is 5.44. The Hall–Kier alpha value is -3.91. The number of aromatic nitrogens is 1. The largest absolute Gasteiger partial charge is 0.512 e. The summed E-state index contributed by atoms with van der Waals surface area (Å²) < 4.78 is 14.7. The van der Waals surface area contributed by atoms with E-state index in [2.05, 4.69) is 17.1 Å². The second-order valence-corrected chi connectivity index (χ2v) is 7.81. The van der Waals surface area contributed by atoms with Crippen molar-refractivity contribution in [1.82, 2.24) is 4.98 Å². The van der Waals surface area contributed by atoms with Crippen molar-refractivity contribution in [1.29, 1.82) is 5.26 Å². The number of hydrogen-bond donors (Lipinski definition) is 1. The summed E-state index contributed by atoms with van der Waals surface area (Å²) in [5, 5.41) is 22.7. The van der Waals surface area contributed by atoms with Gasteiger partial charge in [0.25, 0.3) is 0 Å². The Morgan fingerprint density at radius 2 is 1.60 bits per heavy atom. The van der Waals surface area contributed by atoms with Crippen LogP contribution >= 0.6 is 0 Å². The SMILES string of the molecule is CC(=O)/C=C(/C)O.N#Cc1cc(-c2nccc3c2cc(F)c2ccccc23)[c-]c2ccccc12.[Ir]. The van der Waals surface area contributed by atoms with Crippen LogP contribution in [-0.2, 0) is 24.9 Å². The maximum atomic E-state index is 14.7. The number of nitriles is 1. The predicted octanol–water partition coefficient (Wildman–Crippen LogP) is 7.05. The van der Waals surface area contributed by atoms with E-state index in [0.717, 1.165) is 21.5 Å². The van der Waals surface area contributed by atoms with Gasteiger partial charge in [-0.1, -0.05) is 53.4 Å². The minimum absolute atomic E-state index is 0. The van der Waals surface area contributed by atoms with Gasteiger partial charge in [0.15, 0.2) is 5.78 Å². The van der Waals surface area contributed by atoms with E-state index in [1.54, 1.807) is 18.3 Å². The average molecular weight is 640 g/mol. The summed E-state index contributed by atoms with van der Waals surface area (Å²) in [4.78, 5) is 14.5. The molecule has 0 aliphatic carbocycles. The zero-order valence-electron chi connectivity index (χ0n) is 19.0. The molecule has 1 N–H and O–H groups in total. The van der Waals surface area contributed by atoms with E-state index >= 15 is 0 Å². The number of carbonyl (C=O) groups is 1. The molecule has 1 aromatic heterocycles. The molecule has 4 nitrogen and oxygen atoms in total. The summed E-state index contributed by atoms with van der Waals surface area (Å²) in [6.07, 6.45) is 2.89. The fourth-order valence-electron chi connectivity index (χ4n) is 3.94. The second-order valence-electron chi connectivity index (χ2n) is 7.81. The van der Waals surface area contributed by atoms with E-state index in [1.807, 2.05) is 48.5 Å². The van der Waals surface area contributed by atoms with Crippen LogP contribution in [0.5, 0.6) is 0 Å². The standard InChI is InChI=1S/C24H12FN2.C5H8O2.Ir/c25-23-13-22-20(19-7-3-4-8-21(19)23)9-10-27-24(22)16-11-15-5-1-2-6-18(15)17(12-16)14-26;1-4(6)3-5(2)7;/h1-10,12-13H;3,6H,1-2H3;/q-1;;/b;4-3-;. The Kier molecular flexibility index (Phi) is 8.09. The minimum Gasteiger partial charge on any atom is -0.512 e. The molecule has 0 atom stereocenters. The van der Waals surface area contributed by atoms with E-state index in [0.29, 0.717) is 27.6 Å². The molecule has 1 radical (unpaired) electrons. The van der Waals surface area contributed by atoms with Gasteiger partial charge in [0.05, 0.1) is 11.8 Å². The zero-order valence-corrected chi connectivity index (χ0v) is 21.4. The Bertz CT molecular complexity index is 1630. The molecule has 0 unspecified atom stereocenters. The fourth-order valence-corrected chi connectivity index (χ4v) is 3.94. The molecule has 0 saturated heterocycles. The number of aliphatic hydroxyl groups is 1. The maximum Gasteiger partial charge on any atom is 0.155 e. The second kappa shape index (κ2) is 11.0. The molecule has 5 rings (SSSR count). The van der Waals surface area contributed by atoms with Crippen LogP contribution in [0.2, 0.25) is 0 Å². The Morgan fingerprint density at radius 3 is 2.23 bits per heavy atom. The topological polar surface area (TPSA) is 74.0 Å². The number of carbonyl (C=O) groups excluding carboxylic acids is 1. The van der Waals surface area contributed by atoms with Crippen LogP contribution in [-0.4, -0.2) is 15.9 Å². The molecule has 6 heteroatoms. The van der Waals surface area contributed by atoms with Crippen molar-refractivity contribution >= 4 is 38.1 Å². The van der Waals surface area contributed by atoms with Crippen molar-refractivity contribution < 1.29 is 34.4 Å². The first-order chi connectivity index (χ1) is 16.4. The van der Waals surface area contributed by atoms with Crippen LogP contribution < -0.4 is 0 Å². The monoisotopic (exact) mass is 640 g/mol. The van der Waals surface area contributed by atoms with Gasteiger partial charge in [0.1, 0.15) is 5.82 Å². The van der Waals surface area contributed by atoms with Gasteiger partial charge < -0.3 is 5.11 Å². The van der Waals surface area contributed by atoms with E-state index in [1.165, 1.54) is 26.0 Å². The molecule has 4 aromatic carbocycles. The fraction of sp³-hybridized carbons (Fsp3) is 0.0690. The Balaban J connectivity index is 0.000000378. The van der Waals surface area contributed by atoms with Crippen LogP contribution in [0.15, 0.2) is 84.8 Å². The number of benzene rings is 4. The summed E-state index contributed by atoms with van der Waals surface area (Å²) in [7, 11) is 0. The van der Waals surface area contributed by atoms with Crippen molar-refractivity contribution in [3.8, 4) is 17.3 Å². The van der Waals surface area contributed by atoms with E-state index < -0.39 is 0 Å². The number of pyridine rings is 1. The average Bonchev–Trinajstić information content (AvgIpc) is 2.83. The molecular formula is C29H20FIrN2O2-. The molecule has 1 heterocycles. The smallest absolute Gasteiger partial charge is 0.155 e. The van der Waals surface area contributed by atoms with E-state index in [9.17, 15) is 14.4 Å². The molecule has 0 aliphatic heterocycles. The van der Waals surface area contributed by atoms with Crippen LogP contribution in [0.4, 0.5) is 4.39 Å². The third-order valence-corrected chi connectivity index (χ3v) is 5.30. The Labute approximate surface area is 215 Å². The first-order valence-electron chi connectivity index (χ1n) is 10.6. The van der Waals surface area contributed by atoms with Crippen LogP contribution in [0.25, 0.3) is 43.6 Å². The number of hydrogen-bond acceptors (Lipinski definition) is 4. The number of ketones is 1. The van der Waals surface area contributed by atoms with Crippen molar-refractivity contribution in [3.05, 3.63) is 102 Å². The van der Waals surface area contributed by atoms with Crippen molar-refractivity contribution in [2.75, 3.05) is 0 Å². The number of aliphatic hydroxyl groups excluding tert-OH is 1. The molecule has 0 fully saturated rings. The normalized spacial score (nSPS) is 10.9. The molecule has 0 saturated carbocycles. The van der Waals surface area contributed by atoms with Gasteiger partial charge in [-0.2, -0.15) is 5.26 Å². The van der Waals surface area contributed by atoms with Gasteiger partial charge in [0.2, 0.25) is 0 Å². The molecular weight excluding hydrogens is 620 g/mol. The van der Waals surface area contributed by atoms with Crippen molar-refractivity contribution in [2.24, 2.45) is 0 Å². The number of fused-ring (bicyclic) bond motifs is 4. The molecule has 0 aliphatic rings. The van der Waals surface area contributed by atoms with Crippen molar-refractivity contribution in [3.63, 3.8) is 0 Å². The van der Waals surface area contributed by atoms with Gasteiger partial charge in [-0.25, -0.2) is 4.39 Å². The number of nitrogens with zero attached hydrogens (tertiary/aromatic N) is 2. The van der Waals surface area contributed by atoms with Gasteiger partial charge in [0, 0.05) is 43.5 Å². The van der Waals surface area contributed by atoms with Gasteiger partial charge in [-0.3, -0.25) is 9.78 Å². The minimum atomic E-state index is -0.284. The molecule has 5 aromatic rings. The van der Waals surface area contributed by atoms with Gasteiger partial charge in [-0.15, -0.1) is 23.6 Å². The Morgan fingerprint density at radius 1 is 0.971 bits per heavy atom. The molecule has 0 amide bonds. The third-order valence-electron chi connectivity index (χ3n) is 5.30. The molecule has 35 heavy (non-hydrogen) atoms. The van der Waals surface area contributed by atoms with Crippen LogP contribution in [0.3, 0.4) is 0 Å². The summed E-state index contributed by atoms with van der Waals surface area (Å²) in [5.74, 6) is -0.346. The summed E-state index contributed by atoms with van der Waals surface area (Å²) in [6, 6.07) is 25.8.